The number of thiazole rings is 1. The van der Waals surface area contributed by atoms with Crippen molar-refractivity contribution in [1.82, 2.24) is 19.0 Å². The average molecular weight is 372 g/mol. The number of nitrogens with one attached hydrogen (secondary N) is 1. The molecule has 0 bridgehead atoms. The van der Waals surface area contributed by atoms with Gasteiger partial charge in [0.15, 0.2) is 4.96 Å². The summed E-state index contributed by atoms with van der Waals surface area (Å²) in [7, 11) is -0.325. The van der Waals surface area contributed by atoms with Crippen LogP contribution in [-0.2, 0) is 26.0 Å². The maximum absolute atomic E-state index is 12.2. The fourth-order valence-corrected chi connectivity index (χ4v) is 4.51. The Hall–Kier alpha value is -1.49. The summed E-state index contributed by atoms with van der Waals surface area (Å²) < 4.78 is 32.5. The minimum absolute atomic E-state index is 0.0366. The molecule has 10 heteroatoms. The lowest BCUT2D eigenvalue weighted by Gasteiger charge is -2.20. The molecule has 1 amide bonds. The molecule has 3 rings (SSSR count). The van der Waals surface area contributed by atoms with E-state index in [9.17, 15) is 13.2 Å². The first-order valence-electron chi connectivity index (χ1n) is 7.53. The van der Waals surface area contributed by atoms with Crippen LogP contribution in [0.25, 0.3) is 4.96 Å². The van der Waals surface area contributed by atoms with Crippen molar-refractivity contribution in [1.29, 1.82) is 0 Å². The number of nitrogens with zero attached hydrogens (tertiary/aromatic N) is 3. The summed E-state index contributed by atoms with van der Waals surface area (Å²) in [6.07, 6.45) is 3.88. The number of aromatic nitrogens is 2. The number of amides is 1. The normalized spacial score (nSPS) is 21.6. The number of imidazole rings is 1. The summed E-state index contributed by atoms with van der Waals surface area (Å²) in [6, 6.07) is -0.295. The van der Waals surface area contributed by atoms with Crippen LogP contribution in [0.4, 0.5) is 0 Å². The second kappa shape index (κ2) is 6.79. The van der Waals surface area contributed by atoms with E-state index in [1.165, 1.54) is 29.7 Å². The summed E-state index contributed by atoms with van der Waals surface area (Å²) >= 11 is 1.51. The standard InChI is InChI=1S/C14H20N4O4S2/c1-17(2)24(20,21)9-10-7-22-8-12(10)16-13(19)5-11-6-18-3-4-23-14(18)15-11/h3-4,6,10,12H,5,7-9H2,1-2H3,(H,16,19)/t10-,12+/m0/s1. The van der Waals surface area contributed by atoms with Gasteiger partial charge in [0, 0.05) is 37.8 Å². The van der Waals surface area contributed by atoms with Crippen LogP contribution in [0, 0.1) is 5.92 Å². The van der Waals surface area contributed by atoms with E-state index in [0.717, 1.165) is 4.96 Å². The summed E-state index contributed by atoms with van der Waals surface area (Å²) in [4.78, 5) is 17.5. The van der Waals surface area contributed by atoms with Crippen LogP contribution < -0.4 is 5.32 Å². The van der Waals surface area contributed by atoms with Crippen molar-refractivity contribution in [2.45, 2.75) is 12.5 Å². The quantitative estimate of drug-likeness (QED) is 0.768. The van der Waals surface area contributed by atoms with Gasteiger partial charge < -0.3 is 10.1 Å². The number of fused-ring (bicyclic) bond motifs is 1. The molecule has 0 aliphatic carbocycles. The van der Waals surface area contributed by atoms with Gasteiger partial charge in [0.1, 0.15) is 0 Å². The van der Waals surface area contributed by atoms with E-state index in [-0.39, 0.29) is 30.0 Å². The van der Waals surface area contributed by atoms with Gasteiger partial charge in [-0.3, -0.25) is 9.20 Å². The topological polar surface area (TPSA) is 93.0 Å². The van der Waals surface area contributed by atoms with Crippen molar-refractivity contribution in [2.75, 3.05) is 33.1 Å². The van der Waals surface area contributed by atoms with Crippen LogP contribution in [0.1, 0.15) is 5.69 Å². The third kappa shape index (κ3) is 3.77. The molecule has 24 heavy (non-hydrogen) atoms. The van der Waals surface area contributed by atoms with Crippen molar-refractivity contribution in [3.8, 4) is 0 Å². The molecule has 0 saturated carbocycles. The Kier molecular flexibility index (Phi) is 4.90. The molecule has 2 aromatic rings. The van der Waals surface area contributed by atoms with Crippen molar-refractivity contribution in [3.05, 3.63) is 23.5 Å². The first-order chi connectivity index (χ1) is 11.3. The smallest absolute Gasteiger partial charge is 0.226 e. The molecule has 0 radical (unpaired) electrons. The fraction of sp³-hybridized carbons (Fsp3) is 0.571. The number of carbonyl (C=O) groups excluding carboxylic acids is 1. The van der Waals surface area contributed by atoms with E-state index in [1.807, 2.05) is 22.2 Å². The second-order valence-electron chi connectivity index (χ2n) is 6.03. The first-order valence-corrected chi connectivity index (χ1v) is 10.0. The molecule has 0 spiro atoms. The molecule has 8 nitrogen and oxygen atoms in total. The molecule has 2 aromatic heterocycles. The van der Waals surface area contributed by atoms with Gasteiger partial charge in [-0.15, -0.1) is 11.3 Å². The molecule has 3 heterocycles. The number of rotatable bonds is 6. The molecule has 1 saturated heterocycles. The van der Waals surface area contributed by atoms with Crippen LogP contribution in [0.2, 0.25) is 0 Å². The number of hydrogen-bond acceptors (Lipinski definition) is 6. The van der Waals surface area contributed by atoms with Gasteiger partial charge in [0.25, 0.3) is 0 Å². The maximum atomic E-state index is 12.2. The zero-order valence-electron chi connectivity index (χ0n) is 13.5. The molecule has 0 aromatic carbocycles. The highest BCUT2D eigenvalue weighted by Gasteiger charge is 2.34. The largest absolute Gasteiger partial charge is 0.379 e. The highest BCUT2D eigenvalue weighted by Crippen LogP contribution is 2.18. The Bertz CT molecular complexity index is 798. The lowest BCUT2D eigenvalue weighted by atomic mass is 10.1. The first kappa shape index (κ1) is 17.3. The second-order valence-corrected chi connectivity index (χ2v) is 9.13. The minimum atomic E-state index is -3.33. The molecule has 0 unspecified atom stereocenters. The molecule has 132 valence electrons. The Morgan fingerprint density at radius 2 is 2.29 bits per heavy atom. The lowest BCUT2D eigenvalue weighted by molar-refractivity contribution is -0.121. The number of carbonyl (C=O) groups is 1. The van der Waals surface area contributed by atoms with Crippen LogP contribution in [0.3, 0.4) is 0 Å². The summed E-state index contributed by atoms with van der Waals surface area (Å²) in [6.45, 7) is 0.663. The SMILES string of the molecule is CN(C)S(=O)(=O)C[C@@H]1COC[C@H]1NC(=O)Cc1cn2ccsc2n1. The Labute approximate surface area is 144 Å². The maximum Gasteiger partial charge on any atom is 0.226 e. The third-order valence-corrected chi connectivity index (χ3v) is 6.74. The van der Waals surface area contributed by atoms with Crippen LogP contribution >= 0.6 is 11.3 Å². The lowest BCUT2D eigenvalue weighted by Crippen LogP contribution is -2.44. The Morgan fingerprint density at radius 3 is 3.00 bits per heavy atom. The predicted octanol–water partition coefficient (Wildman–Crippen LogP) is -0.0391. The van der Waals surface area contributed by atoms with E-state index in [4.69, 9.17) is 4.74 Å². The molecule has 1 N–H and O–H groups in total. The number of sulfonamides is 1. The molecule has 2 atom stereocenters. The van der Waals surface area contributed by atoms with Gasteiger partial charge in [0.2, 0.25) is 15.9 Å². The Morgan fingerprint density at radius 1 is 1.50 bits per heavy atom. The molecular weight excluding hydrogens is 352 g/mol. The number of ether oxygens (including phenoxy) is 1. The van der Waals surface area contributed by atoms with Crippen LogP contribution in [0.15, 0.2) is 17.8 Å². The third-order valence-electron chi connectivity index (χ3n) is 4.01. The molecule has 1 aliphatic rings. The van der Waals surface area contributed by atoms with E-state index in [2.05, 4.69) is 10.3 Å². The highest BCUT2D eigenvalue weighted by molar-refractivity contribution is 7.89. The predicted molar refractivity (Wildman–Crippen MR) is 90.5 cm³/mol. The minimum Gasteiger partial charge on any atom is -0.379 e. The Balaban J connectivity index is 1.59. The van der Waals surface area contributed by atoms with Crippen LogP contribution in [-0.4, -0.2) is 67.1 Å². The van der Waals surface area contributed by atoms with Gasteiger partial charge in [0.05, 0.1) is 37.1 Å². The molecule has 1 fully saturated rings. The van der Waals surface area contributed by atoms with Gasteiger partial charge in [-0.05, 0) is 0 Å². The average Bonchev–Trinajstić information content (AvgIpc) is 3.15. The van der Waals surface area contributed by atoms with Gasteiger partial charge in [-0.1, -0.05) is 0 Å². The van der Waals surface area contributed by atoms with Gasteiger partial charge in [-0.2, -0.15) is 0 Å². The van der Waals surface area contributed by atoms with Crippen molar-refractivity contribution >= 4 is 32.2 Å². The van der Waals surface area contributed by atoms with E-state index in [0.29, 0.717) is 18.9 Å². The van der Waals surface area contributed by atoms with Crippen molar-refractivity contribution in [2.24, 2.45) is 5.92 Å². The summed E-state index contributed by atoms with van der Waals surface area (Å²) in [5.41, 5.74) is 0.690. The van der Waals surface area contributed by atoms with E-state index < -0.39 is 10.0 Å². The summed E-state index contributed by atoms with van der Waals surface area (Å²) in [5.74, 6) is -0.458. The van der Waals surface area contributed by atoms with Gasteiger partial charge in [-0.25, -0.2) is 17.7 Å². The fourth-order valence-electron chi connectivity index (χ4n) is 2.63. The number of hydrogen-bond donors (Lipinski definition) is 1. The van der Waals surface area contributed by atoms with E-state index >= 15 is 0 Å². The van der Waals surface area contributed by atoms with Crippen molar-refractivity contribution in [3.63, 3.8) is 0 Å². The van der Waals surface area contributed by atoms with Crippen LogP contribution in [0.5, 0.6) is 0 Å². The zero-order chi connectivity index (χ0) is 17.3. The monoisotopic (exact) mass is 372 g/mol. The van der Waals surface area contributed by atoms with Gasteiger partial charge >= 0.3 is 0 Å². The zero-order valence-corrected chi connectivity index (χ0v) is 15.1. The highest BCUT2D eigenvalue weighted by atomic mass is 32.2. The van der Waals surface area contributed by atoms with E-state index in [1.54, 1.807) is 0 Å². The summed E-state index contributed by atoms with van der Waals surface area (Å²) in [5, 5.41) is 4.81. The molecule has 1 aliphatic heterocycles. The molecular formula is C14H20N4O4S2. The van der Waals surface area contributed by atoms with Crippen molar-refractivity contribution < 1.29 is 17.9 Å².